The third-order valence-corrected chi connectivity index (χ3v) is 2.59. The standard InChI is InChI=1S/C12H24O2/c1-7-8-11(2,3)9-12(4,5)10(13)14-6/h7-9H2,1-6H3. The minimum absolute atomic E-state index is 0.110. The topological polar surface area (TPSA) is 26.3 Å². The first-order chi connectivity index (χ1) is 6.25. The summed E-state index contributed by atoms with van der Waals surface area (Å²) in [5.41, 5.74) is -0.153. The van der Waals surface area contributed by atoms with Crippen LogP contribution in [0.15, 0.2) is 0 Å². The summed E-state index contributed by atoms with van der Waals surface area (Å²) in [7, 11) is 1.46. The van der Waals surface area contributed by atoms with Crippen LogP contribution in [0.3, 0.4) is 0 Å². The molecule has 0 aliphatic heterocycles. The largest absolute Gasteiger partial charge is 0.469 e. The Hall–Kier alpha value is -0.530. The molecule has 2 nitrogen and oxygen atoms in total. The number of methoxy groups -OCH3 is 1. The maximum Gasteiger partial charge on any atom is 0.311 e. The number of carbonyl (C=O) groups excluding carboxylic acids is 1. The Bertz CT molecular complexity index is 192. The molecule has 2 heteroatoms. The van der Waals surface area contributed by atoms with Gasteiger partial charge in [0, 0.05) is 0 Å². The van der Waals surface area contributed by atoms with Crippen molar-refractivity contribution in [2.24, 2.45) is 10.8 Å². The number of hydrogen-bond donors (Lipinski definition) is 0. The highest BCUT2D eigenvalue weighted by Gasteiger charge is 2.34. The van der Waals surface area contributed by atoms with Gasteiger partial charge in [-0.05, 0) is 32.1 Å². The van der Waals surface area contributed by atoms with Gasteiger partial charge in [-0.1, -0.05) is 27.2 Å². The van der Waals surface area contributed by atoms with Crippen molar-refractivity contribution in [1.82, 2.24) is 0 Å². The van der Waals surface area contributed by atoms with Gasteiger partial charge in [0.05, 0.1) is 12.5 Å². The number of ether oxygens (including phenoxy) is 1. The van der Waals surface area contributed by atoms with Crippen LogP contribution in [0.5, 0.6) is 0 Å². The molecule has 0 aliphatic carbocycles. The molecule has 0 radical (unpaired) electrons. The first-order valence-electron chi connectivity index (χ1n) is 5.33. The second-order valence-electron chi connectivity index (χ2n) is 5.47. The van der Waals surface area contributed by atoms with E-state index in [1.165, 1.54) is 7.11 Å². The van der Waals surface area contributed by atoms with Gasteiger partial charge in [0.25, 0.3) is 0 Å². The zero-order valence-corrected chi connectivity index (χ0v) is 10.4. The first kappa shape index (κ1) is 13.5. The summed E-state index contributed by atoms with van der Waals surface area (Å²) in [6, 6.07) is 0. The van der Waals surface area contributed by atoms with Gasteiger partial charge in [0.2, 0.25) is 0 Å². The summed E-state index contributed by atoms with van der Waals surface area (Å²) >= 11 is 0. The molecule has 0 unspecified atom stereocenters. The van der Waals surface area contributed by atoms with Crippen LogP contribution in [0.2, 0.25) is 0 Å². The van der Waals surface area contributed by atoms with Crippen LogP contribution in [0.25, 0.3) is 0 Å². The van der Waals surface area contributed by atoms with Gasteiger partial charge >= 0.3 is 5.97 Å². The summed E-state index contributed by atoms with van der Waals surface area (Å²) in [5.74, 6) is -0.110. The molecule has 0 aromatic carbocycles. The normalized spacial score (nSPS) is 12.7. The Kier molecular flexibility index (Phi) is 4.63. The monoisotopic (exact) mass is 200 g/mol. The Morgan fingerprint density at radius 2 is 1.71 bits per heavy atom. The van der Waals surface area contributed by atoms with Gasteiger partial charge in [0.15, 0.2) is 0 Å². The van der Waals surface area contributed by atoms with Crippen molar-refractivity contribution in [1.29, 1.82) is 0 Å². The summed E-state index contributed by atoms with van der Waals surface area (Å²) in [4.78, 5) is 11.5. The fourth-order valence-electron chi connectivity index (χ4n) is 2.31. The molecule has 0 aromatic heterocycles. The third-order valence-electron chi connectivity index (χ3n) is 2.59. The Balaban J connectivity index is 4.41. The average molecular weight is 200 g/mol. The van der Waals surface area contributed by atoms with Crippen LogP contribution in [0.1, 0.15) is 53.9 Å². The lowest BCUT2D eigenvalue weighted by Crippen LogP contribution is -2.31. The molecule has 0 amide bonds. The van der Waals surface area contributed by atoms with Crippen LogP contribution in [-0.2, 0) is 9.53 Å². The van der Waals surface area contributed by atoms with E-state index in [1.807, 2.05) is 13.8 Å². The lowest BCUT2D eigenvalue weighted by Gasteiger charge is -2.32. The molecule has 0 aromatic rings. The molecule has 0 spiro atoms. The predicted octanol–water partition coefficient (Wildman–Crippen LogP) is 3.40. The van der Waals surface area contributed by atoms with Crippen LogP contribution >= 0.6 is 0 Å². The van der Waals surface area contributed by atoms with Gasteiger partial charge in [-0.15, -0.1) is 0 Å². The molecule has 0 atom stereocenters. The van der Waals surface area contributed by atoms with Crippen molar-refractivity contribution in [3.8, 4) is 0 Å². The molecule has 0 N–H and O–H groups in total. The van der Waals surface area contributed by atoms with Gasteiger partial charge in [-0.25, -0.2) is 0 Å². The van der Waals surface area contributed by atoms with Crippen molar-refractivity contribution in [3.05, 3.63) is 0 Å². The van der Waals surface area contributed by atoms with Crippen molar-refractivity contribution >= 4 is 5.97 Å². The van der Waals surface area contributed by atoms with E-state index in [0.717, 1.165) is 19.3 Å². The van der Waals surface area contributed by atoms with E-state index in [2.05, 4.69) is 20.8 Å². The van der Waals surface area contributed by atoms with Gasteiger partial charge in [-0.3, -0.25) is 4.79 Å². The highest BCUT2D eigenvalue weighted by Crippen LogP contribution is 2.37. The Morgan fingerprint density at radius 3 is 2.07 bits per heavy atom. The predicted molar refractivity (Wildman–Crippen MR) is 59.1 cm³/mol. The number of esters is 1. The molecule has 0 fully saturated rings. The molecule has 0 rings (SSSR count). The van der Waals surface area contributed by atoms with E-state index in [-0.39, 0.29) is 16.8 Å². The van der Waals surface area contributed by atoms with Crippen molar-refractivity contribution in [2.45, 2.75) is 53.9 Å². The van der Waals surface area contributed by atoms with Crippen LogP contribution < -0.4 is 0 Å². The van der Waals surface area contributed by atoms with E-state index >= 15 is 0 Å². The zero-order chi connectivity index (χ0) is 11.4. The molecule has 0 saturated carbocycles. The lowest BCUT2D eigenvalue weighted by atomic mass is 9.73. The smallest absolute Gasteiger partial charge is 0.311 e. The quantitative estimate of drug-likeness (QED) is 0.636. The molecule has 0 heterocycles. The maximum absolute atomic E-state index is 11.5. The second kappa shape index (κ2) is 4.81. The average Bonchev–Trinajstić information content (AvgIpc) is 2.00. The van der Waals surface area contributed by atoms with E-state index in [0.29, 0.717) is 0 Å². The van der Waals surface area contributed by atoms with Crippen molar-refractivity contribution < 1.29 is 9.53 Å². The number of hydrogen-bond acceptors (Lipinski definition) is 2. The molecule has 0 aliphatic rings. The summed E-state index contributed by atoms with van der Waals surface area (Å²) in [6.07, 6.45) is 3.18. The molecular weight excluding hydrogens is 176 g/mol. The van der Waals surface area contributed by atoms with E-state index in [1.54, 1.807) is 0 Å². The minimum atomic E-state index is -0.368. The Morgan fingerprint density at radius 1 is 1.21 bits per heavy atom. The fourth-order valence-corrected chi connectivity index (χ4v) is 2.31. The highest BCUT2D eigenvalue weighted by molar-refractivity contribution is 5.75. The summed E-state index contributed by atoms with van der Waals surface area (Å²) in [5, 5.41) is 0. The van der Waals surface area contributed by atoms with E-state index < -0.39 is 0 Å². The summed E-state index contributed by atoms with van der Waals surface area (Å²) < 4.78 is 4.80. The molecule has 84 valence electrons. The van der Waals surface area contributed by atoms with Crippen LogP contribution in [0.4, 0.5) is 0 Å². The van der Waals surface area contributed by atoms with Gasteiger partial charge < -0.3 is 4.74 Å². The Labute approximate surface area is 88.0 Å². The van der Waals surface area contributed by atoms with E-state index in [9.17, 15) is 4.79 Å². The van der Waals surface area contributed by atoms with Gasteiger partial charge in [0.1, 0.15) is 0 Å². The highest BCUT2D eigenvalue weighted by atomic mass is 16.5. The molecule has 0 bridgehead atoms. The first-order valence-corrected chi connectivity index (χ1v) is 5.33. The minimum Gasteiger partial charge on any atom is -0.469 e. The molecule has 0 saturated heterocycles. The SMILES string of the molecule is CCCC(C)(C)CC(C)(C)C(=O)OC. The van der Waals surface area contributed by atoms with Crippen molar-refractivity contribution in [2.75, 3.05) is 7.11 Å². The second-order valence-corrected chi connectivity index (χ2v) is 5.47. The maximum atomic E-state index is 11.5. The lowest BCUT2D eigenvalue weighted by molar-refractivity contribution is -0.152. The fraction of sp³-hybridized carbons (Fsp3) is 0.917. The summed E-state index contributed by atoms with van der Waals surface area (Å²) in [6.45, 7) is 10.5. The number of carbonyl (C=O) groups is 1. The van der Waals surface area contributed by atoms with Crippen LogP contribution in [-0.4, -0.2) is 13.1 Å². The third kappa shape index (κ3) is 4.12. The van der Waals surface area contributed by atoms with E-state index in [4.69, 9.17) is 4.74 Å². The zero-order valence-electron chi connectivity index (χ0n) is 10.4. The van der Waals surface area contributed by atoms with Crippen molar-refractivity contribution in [3.63, 3.8) is 0 Å². The van der Waals surface area contributed by atoms with Gasteiger partial charge in [-0.2, -0.15) is 0 Å². The number of rotatable bonds is 5. The van der Waals surface area contributed by atoms with Crippen LogP contribution in [0, 0.1) is 10.8 Å². The molecule has 14 heavy (non-hydrogen) atoms. The molecular formula is C12H24O2.